The fraction of sp³-hybridized carbons (Fsp3) is 0.286. The molecule has 4 heteroatoms. The second kappa shape index (κ2) is 5.86. The number of nitrogens with zero attached hydrogens (tertiary/aromatic N) is 3. The number of aromatic nitrogens is 3. The van der Waals surface area contributed by atoms with Crippen molar-refractivity contribution in [3.05, 3.63) is 70.0 Å². The SMILES string of the molecule is CC1(C)CCn2c(nc3cc(C#Cc4ccccn4)ccc3c2=O)C1. The summed E-state index contributed by atoms with van der Waals surface area (Å²) in [6, 6.07) is 11.3. The molecule has 1 aliphatic heterocycles. The van der Waals surface area contributed by atoms with Crippen LogP contribution in [0.5, 0.6) is 0 Å². The van der Waals surface area contributed by atoms with Gasteiger partial charge in [0.15, 0.2) is 0 Å². The molecule has 25 heavy (non-hydrogen) atoms. The summed E-state index contributed by atoms with van der Waals surface area (Å²) in [6.07, 6.45) is 3.55. The maximum atomic E-state index is 12.8. The summed E-state index contributed by atoms with van der Waals surface area (Å²) in [7, 11) is 0. The first-order chi connectivity index (χ1) is 12.0. The van der Waals surface area contributed by atoms with Gasteiger partial charge in [0.2, 0.25) is 0 Å². The number of benzene rings is 1. The van der Waals surface area contributed by atoms with E-state index < -0.39 is 0 Å². The predicted octanol–water partition coefficient (Wildman–Crippen LogP) is 3.16. The van der Waals surface area contributed by atoms with Crippen LogP contribution in [0.4, 0.5) is 0 Å². The van der Waals surface area contributed by atoms with Crippen molar-refractivity contribution in [1.29, 1.82) is 0 Å². The van der Waals surface area contributed by atoms with E-state index in [9.17, 15) is 4.79 Å². The molecule has 0 N–H and O–H groups in total. The second-order valence-electron chi connectivity index (χ2n) is 7.27. The maximum absolute atomic E-state index is 12.8. The Balaban J connectivity index is 1.79. The molecule has 1 aromatic carbocycles. The van der Waals surface area contributed by atoms with Crippen LogP contribution in [-0.2, 0) is 13.0 Å². The molecular formula is C21H19N3O. The molecule has 0 saturated carbocycles. The van der Waals surface area contributed by atoms with Gasteiger partial charge in [-0.1, -0.05) is 25.8 Å². The van der Waals surface area contributed by atoms with Gasteiger partial charge in [-0.2, -0.15) is 0 Å². The molecule has 4 nitrogen and oxygen atoms in total. The number of rotatable bonds is 0. The topological polar surface area (TPSA) is 47.8 Å². The van der Waals surface area contributed by atoms with Gasteiger partial charge in [0.05, 0.1) is 10.9 Å². The van der Waals surface area contributed by atoms with Crippen molar-refractivity contribution in [3.63, 3.8) is 0 Å². The van der Waals surface area contributed by atoms with E-state index in [1.165, 1.54) is 0 Å². The van der Waals surface area contributed by atoms with Gasteiger partial charge in [0, 0.05) is 24.7 Å². The molecule has 3 heterocycles. The molecule has 0 aliphatic carbocycles. The Hall–Kier alpha value is -2.93. The van der Waals surface area contributed by atoms with Crippen LogP contribution < -0.4 is 5.56 Å². The second-order valence-corrected chi connectivity index (χ2v) is 7.27. The quantitative estimate of drug-likeness (QED) is 0.595. The van der Waals surface area contributed by atoms with Crippen LogP contribution in [0.2, 0.25) is 0 Å². The zero-order valence-electron chi connectivity index (χ0n) is 14.4. The van der Waals surface area contributed by atoms with Crippen molar-refractivity contribution in [2.75, 3.05) is 0 Å². The van der Waals surface area contributed by atoms with Crippen molar-refractivity contribution < 1.29 is 0 Å². The van der Waals surface area contributed by atoms with Crippen LogP contribution in [0.1, 0.15) is 37.4 Å². The minimum atomic E-state index is 0.0553. The first kappa shape index (κ1) is 15.6. The van der Waals surface area contributed by atoms with Gasteiger partial charge in [-0.15, -0.1) is 0 Å². The Bertz CT molecular complexity index is 1070. The van der Waals surface area contributed by atoms with E-state index in [1.54, 1.807) is 6.20 Å². The number of fused-ring (bicyclic) bond motifs is 2. The normalized spacial score (nSPS) is 15.3. The van der Waals surface area contributed by atoms with E-state index in [4.69, 9.17) is 4.98 Å². The molecule has 0 unspecified atom stereocenters. The fourth-order valence-electron chi connectivity index (χ4n) is 3.21. The summed E-state index contributed by atoms with van der Waals surface area (Å²) in [5.74, 6) is 7.03. The van der Waals surface area contributed by atoms with Gasteiger partial charge in [0.1, 0.15) is 11.5 Å². The first-order valence-electron chi connectivity index (χ1n) is 8.48. The zero-order chi connectivity index (χ0) is 17.4. The molecule has 3 aromatic rings. The van der Waals surface area contributed by atoms with E-state index in [2.05, 4.69) is 30.7 Å². The summed E-state index contributed by atoms with van der Waals surface area (Å²) in [5, 5.41) is 0.659. The van der Waals surface area contributed by atoms with Crippen molar-refractivity contribution in [2.24, 2.45) is 5.41 Å². The number of hydrogen-bond acceptors (Lipinski definition) is 3. The van der Waals surface area contributed by atoms with E-state index in [1.807, 2.05) is 41.0 Å². The smallest absolute Gasteiger partial charge is 0.261 e. The molecule has 0 bridgehead atoms. The van der Waals surface area contributed by atoms with Gasteiger partial charge in [-0.25, -0.2) is 9.97 Å². The largest absolute Gasteiger partial charge is 0.296 e. The lowest BCUT2D eigenvalue weighted by Crippen LogP contribution is -2.35. The average molecular weight is 329 g/mol. The standard InChI is InChI=1S/C21H19N3O/c1-21(2)10-12-24-19(14-21)23-18-13-15(7-9-17(18)20(24)25)6-8-16-5-3-4-11-22-16/h3-5,7,9,11,13H,10,12,14H2,1-2H3. The monoisotopic (exact) mass is 329 g/mol. The molecule has 2 aromatic heterocycles. The Kier molecular flexibility index (Phi) is 3.65. The molecule has 124 valence electrons. The van der Waals surface area contributed by atoms with Crippen LogP contribution in [0.3, 0.4) is 0 Å². The molecule has 0 fully saturated rings. The van der Waals surface area contributed by atoms with Crippen molar-refractivity contribution in [2.45, 2.75) is 33.2 Å². The maximum Gasteiger partial charge on any atom is 0.261 e. The number of pyridine rings is 1. The molecule has 1 aliphatic rings. The Morgan fingerprint density at radius 3 is 2.84 bits per heavy atom. The third-order valence-electron chi connectivity index (χ3n) is 4.68. The molecule has 4 rings (SSSR count). The van der Waals surface area contributed by atoms with Crippen LogP contribution in [0, 0.1) is 17.3 Å². The molecule has 0 atom stereocenters. The highest BCUT2D eigenvalue weighted by Crippen LogP contribution is 2.30. The lowest BCUT2D eigenvalue weighted by molar-refractivity contribution is 0.261. The summed E-state index contributed by atoms with van der Waals surface area (Å²) in [5.41, 5.74) is 2.53. The minimum Gasteiger partial charge on any atom is -0.296 e. The highest BCUT2D eigenvalue weighted by molar-refractivity contribution is 5.79. The molecule has 0 saturated heterocycles. The summed E-state index contributed by atoms with van der Waals surface area (Å²) in [4.78, 5) is 21.7. The third kappa shape index (κ3) is 3.06. The molecule has 0 amide bonds. The van der Waals surface area contributed by atoms with Crippen LogP contribution in [0.25, 0.3) is 10.9 Å². The zero-order valence-corrected chi connectivity index (χ0v) is 14.4. The summed E-state index contributed by atoms with van der Waals surface area (Å²) >= 11 is 0. The van der Waals surface area contributed by atoms with Gasteiger partial charge < -0.3 is 0 Å². The van der Waals surface area contributed by atoms with E-state index in [0.717, 1.165) is 42.0 Å². The summed E-state index contributed by atoms with van der Waals surface area (Å²) < 4.78 is 1.83. The first-order valence-corrected chi connectivity index (χ1v) is 8.48. The molecule has 0 radical (unpaired) electrons. The van der Waals surface area contributed by atoms with Gasteiger partial charge in [0.25, 0.3) is 5.56 Å². The van der Waals surface area contributed by atoms with Gasteiger partial charge in [-0.3, -0.25) is 9.36 Å². The van der Waals surface area contributed by atoms with Crippen molar-refractivity contribution in [1.82, 2.24) is 14.5 Å². The van der Waals surface area contributed by atoms with Crippen LogP contribution >= 0.6 is 0 Å². The van der Waals surface area contributed by atoms with E-state index in [-0.39, 0.29) is 11.0 Å². The van der Waals surface area contributed by atoms with Gasteiger partial charge >= 0.3 is 0 Å². The van der Waals surface area contributed by atoms with E-state index >= 15 is 0 Å². The predicted molar refractivity (Wildman–Crippen MR) is 98.3 cm³/mol. The highest BCUT2D eigenvalue weighted by Gasteiger charge is 2.27. The molecular weight excluding hydrogens is 310 g/mol. The Labute approximate surface area is 146 Å². The highest BCUT2D eigenvalue weighted by atomic mass is 16.1. The lowest BCUT2D eigenvalue weighted by Gasteiger charge is -2.31. The lowest BCUT2D eigenvalue weighted by atomic mass is 9.83. The van der Waals surface area contributed by atoms with Crippen LogP contribution in [-0.4, -0.2) is 14.5 Å². The average Bonchev–Trinajstić information content (AvgIpc) is 2.60. The van der Waals surface area contributed by atoms with Crippen LogP contribution in [0.15, 0.2) is 47.4 Å². The number of hydrogen-bond donors (Lipinski definition) is 0. The van der Waals surface area contributed by atoms with Crippen molar-refractivity contribution in [3.8, 4) is 11.8 Å². The minimum absolute atomic E-state index is 0.0553. The molecule has 0 spiro atoms. The van der Waals surface area contributed by atoms with E-state index in [0.29, 0.717) is 5.39 Å². The third-order valence-corrected chi connectivity index (χ3v) is 4.68. The van der Waals surface area contributed by atoms with Gasteiger partial charge in [-0.05, 0) is 48.1 Å². The summed E-state index contributed by atoms with van der Waals surface area (Å²) in [6.45, 7) is 5.19. The Morgan fingerprint density at radius 2 is 2.04 bits per heavy atom. The Morgan fingerprint density at radius 1 is 1.16 bits per heavy atom. The van der Waals surface area contributed by atoms with Crippen molar-refractivity contribution >= 4 is 10.9 Å². The fourth-order valence-corrected chi connectivity index (χ4v) is 3.21.